The third kappa shape index (κ3) is 9.86. The monoisotopic (exact) mass is 224 g/mol. The van der Waals surface area contributed by atoms with Crippen molar-refractivity contribution >= 4 is 5.97 Å². The molecule has 0 rings (SSSR count). The molecule has 0 bridgehead atoms. The van der Waals surface area contributed by atoms with E-state index in [1.54, 1.807) is 0 Å². The second kappa shape index (κ2) is 8.54. The van der Waals surface area contributed by atoms with Gasteiger partial charge >= 0.3 is 85.2 Å². The van der Waals surface area contributed by atoms with Crippen LogP contribution in [0.25, 0.3) is 0 Å². The Morgan fingerprint density at radius 3 is 2.46 bits per heavy atom. The van der Waals surface area contributed by atoms with E-state index in [0.29, 0.717) is 0 Å². The molecule has 0 aromatic rings. The Labute approximate surface area is 85.4 Å². The predicted molar refractivity (Wildman–Crippen MR) is 42.4 cm³/mol. The number of carbonyl (C=O) groups excluding carboxylic acids is 1. The average molecular weight is 224 g/mol. The molecule has 0 aliphatic heterocycles. The van der Waals surface area contributed by atoms with Crippen LogP contribution in [0, 0.1) is 0 Å². The summed E-state index contributed by atoms with van der Waals surface area (Å²) < 4.78 is 22.7. The third-order valence-corrected chi connectivity index (χ3v) is 2.31. The van der Waals surface area contributed by atoms with Crippen LogP contribution in [0.1, 0.15) is 45.4 Å². The van der Waals surface area contributed by atoms with E-state index in [2.05, 4.69) is 10.2 Å². The Morgan fingerprint density at radius 1 is 1.31 bits per heavy atom. The van der Waals surface area contributed by atoms with E-state index in [9.17, 15) is 8.12 Å². The van der Waals surface area contributed by atoms with Crippen molar-refractivity contribution in [1.82, 2.24) is 0 Å². The minimum absolute atomic E-state index is 0.267. The molecule has 0 fully saturated rings. The molecule has 0 saturated heterocycles. The van der Waals surface area contributed by atoms with Crippen molar-refractivity contribution in [2.75, 3.05) is 0 Å². The summed E-state index contributed by atoms with van der Waals surface area (Å²) in [4.78, 5) is 10.7. The van der Waals surface area contributed by atoms with Gasteiger partial charge in [-0.25, -0.2) is 0 Å². The van der Waals surface area contributed by atoms with Crippen LogP contribution in [0.15, 0.2) is 0 Å². The van der Waals surface area contributed by atoms with Crippen LogP contribution in [0.4, 0.5) is 0 Å². The molecule has 0 spiro atoms. The van der Waals surface area contributed by atoms with Crippen molar-refractivity contribution in [1.29, 1.82) is 0 Å². The molecule has 0 aromatic heterocycles. The van der Waals surface area contributed by atoms with E-state index >= 15 is 0 Å². The van der Waals surface area contributed by atoms with E-state index in [1.165, 1.54) is 6.42 Å². The Kier molecular flexibility index (Phi) is 8.50. The first-order valence-corrected chi connectivity index (χ1v) is 6.57. The quantitative estimate of drug-likeness (QED) is 0.527. The van der Waals surface area contributed by atoms with Gasteiger partial charge in [0.1, 0.15) is 0 Å². The summed E-state index contributed by atoms with van der Waals surface area (Å²) in [7, 11) is 0. The van der Waals surface area contributed by atoms with Crippen LogP contribution >= 0.6 is 0 Å². The molecule has 0 aliphatic carbocycles. The zero-order valence-electron chi connectivity index (χ0n) is 7.91. The average Bonchev–Trinajstić information content (AvgIpc) is 2.02. The third-order valence-electron chi connectivity index (χ3n) is 1.69. The standard InChI is InChI=1S/C8H16O2.H2O.O.Ti/c1-2-3-4-5-6-7-8(9)10;;;/h2-7H2,1H3,(H,9,10);1H2;;/q;;;+2/p-2. The molecule has 0 heterocycles. The van der Waals surface area contributed by atoms with Gasteiger partial charge in [-0.15, -0.1) is 0 Å². The first-order chi connectivity index (χ1) is 6.16. The fourth-order valence-corrected chi connectivity index (χ4v) is 1.48. The number of hydrogen-bond donors (Lipinski definition) is 1. The van der Waals surface area contributed by atoms with Gasteiger partial charge in [-0.05, 0) is 0 Å². The minimum atomic E-state index is -3.63. The molecule has 0 radical (unpaired) electrons. The fraction of sp³-hybridized carbons (Fsp3) is 0.875. The molecule has 0 unspecified atom stereocenters. The molecule has 0 saturated carbocycles. The van der Waals surface area contributed by atoms with Crippen molar-refractivity contribution in [2.45, 2.75) is 45.4 Å². The summed E-state index contributed by atoms with van der Waals surface area (Å²) in [6.07, 6.45) is 5.47. The van der Waals surface area contributed by atoms with E-state index in [-0.39, 0.29) is 6.42 Å². The van der Waals surface area contributed by atoms with Crippen LogP contribution in [-0.2, 0) is 30.1 Å². The Morgan fingerprint density at radius 2 is 1.92 bits per heavy atom. The van der Waals surface area contributed by atoms with Gasteiger partial charge in [0.2, 0.25) is 0 Å². The molecular formula is C8H16O4Ti. The van der Waals surface area contributed by atoms with Gasteiger partial charge in [0.05, 0.1) is 0 Å². The van der Waals surface area contributed by atoms with E-state index < -0.39 is 24.6 Å². The first-order valence-electron chi connectivity index (χ1n) is 4.60. The maximum absolute atomic E-state index is 10.7. The van der Waals surface area contributed by atoms with Gasteiger partial charge in [0, 0.05) is 0 Å². The van der Waals surface area contributed by atoms with Crippen LogP contribution in [-0.4, -0.2) is 9.66 Å². The van der Waals surface area contributed by atoms with Crippen molar-refractivity contribution in [2.24, 2.45) is 0 Å². The van der Waals surface area contributed by atoms with Gasteiger partial charge in [0.25, 0.3) is 0 Å². The second-order valence-electron chi connectivity index (χ2n) is 2.90. The van der Waals surface area contributed by atoms with Gasteiger partial charge < -0.3 is 0 Å². The Hall–Kier alpha value is -0.0557. The number of hydrogen-bond acceptors (Lipinski definition) is 3. The molecule has 13 heavy (non-hydrogen) atoms. The first kappa shape index (κ1) is 12.9. The van der Waals surface area contributed by atoms with Crippen molar-refractivity contribution in [3.63, 3.8) is 0 Å². The summed E-state index contributed by atoms with van der Waals surface area (Å²) in [6.45, 7) is 2.12. The van der Waals surface area contributed by atoms with Crippen molar-refractivity contribution in [3.05, 3.63) is 0 Å². The zero-order valence-corrected chi connectivity index (χ0v) is 9.48. The molecule has 76 valence electrons. The zero-order chi connectivity index (χ0) is 10.1. The molecular weight excluding hydrogens is 208 g/mol. The molecule has 1 N–H and O–H groups in total. The van der Waals surface area contributed by atoms with Gasteiger partial charge in [-0.2, -0.15) is 0 Å². The number of rotatable bonds is 7. The topological polar surface area (TPSA) is 63.6 Å². The summed E-state index contributed by atoms with van der Waals surface area (Å²) in [5.41, 5.74) is 0. The number of carbonyl (C=O) groups is 1. The van der Waals surface area contributed by atoms with Gasteiger partial charge in [0.15, 0.2) is 0 Å². The second-order valence-corrected chi connectivity index (χ2v) is 4.05. The van der Waals surface area contributed by atoms with E-state index in [0.717, 1.165) is 25.7 Å². The van der Waals surface area contributed by atoms with Crippen LogP contribution < -0.4 is 0 Å². The van der Waals surface area contributed by atoms with Gasteiger partial charge in [-0.1, -0.05) is 0 Å². The van der Waals surface area contributed by atoms with Crippen LogP contribution in [0.5, 0.6) is 0 Å². The van der Waals surface area contributed by atoms with Crippen LogP contribution in [0.3, 0.4) is 0 Å². The summed E-state index contributed by atoms with van der Waals surface area (Å²) >= 11 is -3.63. The molecule has 0 aliphatic rings. The molecule has 0 amide bonds. The fourth-order valence-electron chi connectivity index (χ4n) is 1.02. The van der Waals surface area contributed by atoms with Crippen molar-refractivity contribution in [3.8, 4) is 0 Å². The molecule has 4 nitrogen and oxygen atoms in total. The molecule has 5 heteroatoms. The number of unbranched alkanes of at least 4 members (excludes halogenated alkanes) is 4. The SMILES string of the molecule is CCCCCCCC(=O)[O][Ti](=[O])[OH]. The van der Waals surface area contributed by atoms with Crippen molar-refractivity contribution < 1.29 is 33.7 Å². The summed E-state index contributed by atoms with van der Waals surface area (Å²) in [5.74, 6) is -0.538. The molecule has 0 atom stereocenters. The summed E-state index contributed by atoms with van der Waals surface area (Å²) in [5, 5.41) is 0. The van der Waals surface area contributed by atoms with E-state index in [1.807, 2.05) is 0 Å². The molecule has 0 aromatic carbocycles. The normalized spacial score (nSPS) is 9.69. The summed E-state index contributed by atoms with van der Waals surface area (Å²) in [6, 6.07) is 0. The Balaban J connectivity index is 3.22. The maximum atomic E-state index is 10.7. The van der Waals surface area contributed by atoms with E-state index in [4.69, 9.17) is 3.69 Å². The predicted octanol–water partition coefficient (Wildman–Crippen LogP) is 1.68. The van der Waals surface area contributed by atoms with Gasteiger partial charge in [-0.3, -0.25) is 0 Å². The Bertz CT molecular complexity index is 170. The van der Waals surface area contributed by atoms with Crippen LogP contribution in [0.2, 0.25) is 0 Å².